The van der Waals surface area contributed by atoms with E-state index in [0.717, 1.165) is 0 Å². The van der Waals surface area contributed by atoms with E-state index >= 15 is 0 Å². The van der Waals surface area contributed by atoms with Crippen molar-refractivity contribution < 1.29 is 33.4 Å². The van der Waals surface area contributed by atoms with E-state index in [2.05, 4.69) is 0 Å². The van der Waals surface area contributed by atoms with E-state index in [4.69, 9.17) is 18.6 Å². The summed E-state index contributed by atoms with van der Waals surface area (Å²) in [7, 11) is -2.94. The summed E-state index contributed by atoms with van der Waals surface area (Å²) in [5, 5.41) is 0. The molecule has 0 radical (unpaired) electrons. The molecule has 0 fully saturated rings. The van der Waals surface area contributed by atoms with Gasteiger partial charge in [-0.05, 0) is 0 Å². The summed E-state index contributed by atoms with van der Waals surface area (Å²) in [5.74, 6) is 0. The van der Waals surface area contributed by atoms with Crippen molar-refractivity contribution in [1.82, 2.24) is 0 Å². The Morgan fingerprint density at radius 3 is 1.42 bits per heavy atom. The van der Waals surface area contributed by atoms with E-state index in [0.29, 0.717) is 0 Å². The first kappa shape index (κ1) is 11.3. The highest BCUT2D eigenvalue weighted by atomic mass is 35.7. The van der Waals surface area contributed by atoms with Gasteiger partial charge in [0.15, 0.2) is 12.4 Å². The fraction of sp³-hybridized carbons (Fsp3) is 0.167. The topological polar surface area (TPSA) is 96.1 Å². The quantitative estimate of drug-likeness (QED) is 0.390. The molecule has 5 nitrogen and oxygen atoms in total. The highest BCUT2D eigenvalue weighted by Gasteiger charge is 1.84. The van der Waals surface area contributed by atoms with E-state index < -0.39 is 10.2 Å². The average Bonchev–Trinajstić information content (AvgIpc) is 1.85. The molecule has 0 aliphatic rings. The number of rotatable bonds is 0. The van der Waals surface area contributed by atoms with E-state index in [1.165, 1.54) is 0 Å². The van der Waals surface area contributed by atoms with Crippen molar-refractivity contribution in [2.24, 2.45) is 7.05 Å². The van der Waals surface area contributed by atoms with Crippen LogP contribution in [0.25, 0.3) is 0 Å². The van der Waals surface area contributed by atoms with Crippen LogP contribution in [-0.2, 0) is 7.05 Å². The van der Waals surface area contributed by atoms with Gasteiger partial charge in [-0.1, -0.05) is 6.07 Å². The number of pyridine rings is 1. The summed E-state index contributed by atoms with van der Waals surface area (Å²) in [6.07, 6.45) is 4.00. The van der Waals surface area contributed by atoms with E-state index in [1.54, 1.807) is 0 Å². The number of aryl methyl sites for hydroxylation is 1. The Bertz CT molecular complexity index is 205. The first-order valence-corrected chi connectivity index (χ1v) is 4.15. The van der Waals surface area contributed by atoms with Crippen molar-refractivity contribution in [3.05, 3.63) is 30.6 Å². The molecule has 0 N–H and O–H groups in total. The van der Waals surface area contributed by atoms with Crippen LogP contribution in [0.2, 0.25) is 0 Å². The Morgan fingerprint density at radius 2 is 1.25 bits per heavy atom. The molecular weight excluding hydrogens is 186 g/mol. The van der Waals surface area contributed by atoms with Gasteiger partial charge in [-0.3, -0.25) is 0 Å². The molecule has 0 saturated heterocycles. The molecule has 1 rings (SSSR count). The van der Waals surface area contributed by atoms with E-state index in [9.17, 15) is 0 Å². The second kappa shape index (κ2) is 5.02. The zero-order valence-electron chi connectivity index (χ0n) is 6.34. The van der Waals surface area contributed by atoms with Crippen LogP contribution < -0.4 is 23.2 Å². The maximum Gasteiger partial charge on any atom is 0.168 e. The van der Waals surface area contributed by atoms with E-state index in [-0.39, 0.29) is 0 Å². The smallest absolute Gasteiger partial charge is 0.168 e. The minimum Gasteiger partial charge on any atom is -0.222 e. The zero-order chi connectivity index (χ0) is 9.61. The van der Waals surface area contributed by atoms with Gasteiger partial charge in [0.25, 0.3) is 0 Å². The van der Waals surface area contributed by atoms with Crippen molar-refractivity contribution in [1.29, 1.82) is 0 Å². The number of hydrogen-bond donors (Lipinski definition) is 0. The van der Waals surface area contributed by atoms with E-state index in [1.807, 2.05) is 42.2 Å². The summed E-state index contributed by atoms with van der Waals surface area (Å²) < 4.78 is 36.0. The van der Waals surface area contributed by atoms with Crippen LogP contribution >= 0.6 is 0 Å². The lowest BCUT2D eigenvalue weighted by Gasteiger charge is -2.17. The van der Waals surface area contributed by atoms with Crippen LogP contribution in [0, 0.1) is 10.2 Å². The van der Waals surface area contributed by atoms with Crippen LogP contribution in [-0.4, -0.2) is 0 Å². The van der Waals surface area contributed by atoms with Crippen LogP contribution in [0.5, 0.6) is 0 Å². The van der Waals surface area contributed by atoms with Gasteiger partial charge < -0.3 is 0 Å². The molecule has 12 heavy (non-hydrogen) atoms. The maximum absolute atomic E-state index is 8.49. The standard InChI is InChI=1S/C6H8N.ClHO4/c1-7-5-3-2-4-6-7;2-1(3,4)5/h2-6H,1H3;(H,2,3,4,5)/q+1;/p-1. The van der Waals surface area contributed by atoms with Gasteiger partial charge in [0.1, 0.15) is 7.05 Å². The van der Waals surface area contributed by atoms with Crippen LogP contribution in [0.3, 0.4) is 0 Å². The minimum atomic E-state index is -4.94. The molecule has 0 aliphatic carbocycles. The Labute approximate surface area is 71.9 Å². The van der Waals surface area contributed by atoms with Crippen LogP contribution in [0.1, 0.15) is 0 Å². The molecular formula is C6H8ClNO4. The predicted octanol–water partition coefficient (Wildman–Crippen LogP) is -4.24. The first-order valence-electron chi connectivity index (χ1n) is 2.91. The lowest BCUT2D eigenvalue weighted by Crippen LogP contribution is -2.68. The summed E-state index contributed by atoms with van der Waals surface area (Å²) in [6, 6.07) is 6.00. The second-order valence-electron chi connectivity index (χ2n) is 1.92. The highest BCUT2D eigenvalue weighted by Crippen LogP contribution is 1.71. The lowest BCUT2D eigenvalue weighted by molar-refractivity contribution is -2.00. The third-order valence-corrected chi connectivity index (χ3v) is 0.865. The molecule has 0 aromatic carbocycles. The molecule has 0 spiro atoms. The maximum atomic E-state index is 8.49. The molecule has 6 heteroatoms. The Kier molecular flexibility index (Phi) is 4.72. The predicted molar refractivity (Wildman–Crippen MR) is 27.6 cm³/mol. The fourth-order valence-corrected chi connectivity index (χ4v) is 0.485. The van der Waals surface area contributed by atoms with Gasteiger partial charge in [-0.25, -0.2) is 23.2 Å². The number of halogens is 1. The number of nitrogens with zero attached hydrogens (tertiary/aromatic N) is 1. The largest absolute Gasteiger partial charge is 0.222 e. The van der Waals surface area contributed by atoms with Crippen LogP contribution in [0.15, 0.2) is 30.6 Å². The third-order valence-electron chi connectivity index (χ3n) is 0.865. The van der Waals surface area contributed by atoms with Gasteiger partial charge in [0.2, 0.25) is 0 Å². The third kappa shape index (κ3) is 12.0. The van der Waals surface area contributed by atoms with Crippen molar-refractivity contribution >= 4 is 0 Å². The fourth-order valence-electron chi connectivity index (χ4n) is 0.485. The molecule has 1 aromatic rings. The SMILES string of the molecule is C[n+]1ccccc1.[O-][Cl+3]([O-])([O-])[O-]. The van der Waals surface area contributed by atoms with Gasteiger partial charge in [0, 0.05) is 12.1 Å². The summed E-state index contributed by atoms with van der Waals surface area (Å²) >= 11 is 0. The van der Waals surface area contributed by atoms with Gasteiger partial charge >= 0.3 is 0 Å². The summed E-state index contributed by atoms with van der Waals surface area (Å²) in [5.41, 5.74) is 0. The average molecular weight is 194 g/mol. The zero-order valence-corrected chi connectivity index (χ0v) is 7.10. The van der Waals surface area contributed by atoms with Crippen molar-refractivity contribution in [2.45, 2.75) is 0 Å². The molecule has 1 heterocycles. The molecule has 0 bridgehead atoms. The first-order chi connectivity index (χ1) is 5.39. The normalized spacial score (nSPS) is 10.1. The molecule has 0 amide bonds. The van der Waals surface area contributed by atoms with Gasteiger partial charge in [-0.15, -0.1) is 10.2 Å². The molecule has 1 aromatic heterocycles. The second-order valence-corrected chi connectivity index (χ2v) is 2.67. The molecule has 68 valence electrons. The van der Waals surface area contributed by atoms with Crippen molar-refractivity contribution in [3.8, 4) is 0 Å². The van der Waals surface area contributed by atoms with Crippen molar-refractivity contribution in [3.63, 3.8) is 0 Å². The molecule has 0 aliphatic heterocycles. The van der Waals surface area contributed by atoms with Crippen LogP contribution in [0.4, 0.5) is 0 Å². The minimum absolute atomic E-state index is 2.00. The summed E-state index contributed by atoms with van der Waals surface area (Å²) in [4.78, 5) is 0. The monoisotopic (exact) mass is 193 g/mol. The number of hydrogen-bond acceptors (Lipinski definition) is 4. The molecule has 0 unspecified atom stereocenters. The van der Waals surface area contributed by atoms with Crippen molar-refractivity contribution in [2.75, 3.05) is 0 Å². The number of aromatic nitrogens is 1. The summed E-state index contributed by atoms with van der Waals surface area (Å²) in [6.45, 7) is 0. The van der Waals surface area contributed by atoms with Gasteiger partial charge in [0.05, 0.1) is 0 Å². The lowest BCUT2D eigenvalue weighted by atomic mass is 10.5. The van der Waals surface area contributed by atoms with Gasteiger partial charge in [-0.2, -0.15) is 0 Å². The Balaban J connectivity index is 0.000000217. The Hall–Kier alpha value is -0.720. The molecule has 0 saturated carbocycles. The highest BCUT2D eigenvalue weighted by molar-refractivity contribution is 4.83. The Morgan fingerprint density at radius 1 is 0.917 bits per heavy atom. The molecule has 0 atom stereocenters.